The molecule has 0 aliphatic heterocycles. The van der Waals surface area contributed by atoms with Gasteiger partial charge in [0.05, 0.1) is 0 Å². The molecular weight excluding hydrogens is 384 g/mol. The molecule has 1 atom stereocenters. The van der Waals surface area contributed by atoms with Crippen LogP contribution in [0.25, 0.3) is 0 Å². The Kier molecular flexibility index (Phi) is 8.41. The number of hydrogen-bond acceptors (Lipinski definition) is 2. The summed E-state index contributed by atoms with van der Waals surface area (Å²) in [6.45, 7) is 2.90. The van der Waals surface area contributed by atoms with Gasteiger partial charge in [-0.3, -0.25) is 9.59 Å². The Hall–Kier alpha value is -3.40. The van der Waals surface area contributed by atoms with E-state index in [0.717, 1.165) is 24.0 Å². The largest absolute Gasteiger partial charge is 0.354 e. The Bertz CT molecular complexity index is 943. The standard InChI is InChI=1S/C27H30N2O2/c1-2-12-25(30)29(21-23-15-8-4-9-16-23)26(24-17-10-5-11-18-24)27(31)28-20-19-22-13-6-3-7-14-22/h3-11,13-18,26H,2,12,19-21H2,1H3,(H,28,31). The minimum absolute atomic E-state index is 0.0154. The van der Waals surface area contributed by atoms with Crippen molar-refractivity contribution in [3.8, 4) is 0 Å². The Morgan fingerprint density at radius 2 is 1.35 bits per heavy atom. The van der Waals surface area contributed by atoms with E-state index in [9.17, 15) is 9.59 Å². The first-order chi connectivity index (χ1) is 15.2. The highest BCUT2D eigenvalue weighted by molar-refractivity contribution is 5.88. The molecule has 2 amide bonds. The van der Waals surface area contributed by atoms with Gasteiger partial charge in [0, 0.05) is 19.5 Å². The van der Waals surface area contributed by atoms with Gasteiger partial charge < -0.3 is 10.2 Å². The smallest absolute Gasteiger partial charge is 0.247 e. The SMILES string of the molecule is CCCC(=O)N(Cc1ccccc1)C(C(=O)NCCc1ccccc1)c1ccccc1. The van der Waals surface area contributed by atoms with Crippen molar-refractivity contribution in [2.45, 2.75) is 38.8 Å². The molecule has 0 bridgehead atoms. The van der Waals surface area contributed by atoms with Crippen molar-refractivity contribution >= 4 is 11.8 Å². The fraction of sp³-hybridized carbons (Fsp3) is 0.259. The van der Waals surface area contributed by atoms with Gasteiger partial charge in [-0.15, -0.1) is 0 Å². The third-order valence-electron chi connectivity index (χ3n) is 5.21. The van der Waals surface area contributed by atoms with Gasteiger partial charge in [-0.25, -0.2) is 0 Å². The predicted octanol–water partition coefficient (Wildman–Crippen LogP) is 4.92. The van der Waals surface area contributed by atoms with Gasteiger partial charge in [-0.2, -0.15) is 0 Å². The highest BCUT2D eigenvalue weighted by atomic mass is 16.2. The second-order valence-electron chi connectivity index (χ2n) is 7.60. The van der Waals surface area contributed by atoms with Crippen LogP contribution in [0, 0.1) is 0 Å². The number of nitrogens with one attached hydrogen (secondary N) is 1. The van der Waals surface area contributed by atoms with Gasteiger partial charge in [0.15, 0.2) is 0 Å². The monoisotopic (exact) mass is 414 g/mol. The summed E-state index contributed by atoms with van der Waals surface area (Å²) >= 11 is 0. The number of amides is 2. The van der Waals surface area contributed by atoms with Crippen molar-refractivity contribution in [1.82, 2.24) is 10.2 Å². The zero-order chi connectivity index (χ0) is 21.9. The van der Waals surface area contributed by atoms with E-state index in [-0.39, 0.29) is 11.8 Å². The topological polar surface area (TPSA) is 49.4 Å². The summed E-state index contributed by atoms with van der Waals surface area (Å²) in [7, 11) is 0. The molecule has 0 saturated heterocycles. The van der Waals surface area contributed by atoms with E-state index in [0.29, 0.717) is 19.5 Å². The van der Waals surface area contributed by atoms with Crippen LogP contribution < -0.4 is 5.32 Å². The molecule has 3 aromatic carbocycles. The second-order valence-corrected chi connectivity index (χ2v) is 7.60. The van der Waals surface area contributed by atoms with Crippen LogP contribution in [-0.2, 0) is 22.6 Å². The Labute approximate surface area is 184 Å². The van der Waals surface area contributed by atoms with E-state index in [1.165, 1.54) is 5.56 Å². The van der Waals surface area contributed by atoms with Gasteiger partial charge in [0.25, 0.3) is 0 Å². The molecule has 3 aromatic rings. The number of hydrogen-bond donors (Lipinski definition) is 1. The van der Waals surface area contributed by atoms with E-state index in [1.807, 2.05) is 97.9 Å². The van der Waals surface area contributed by atoms with E-state index in [1.54, 1.807) is 4.90 Å². The van der Waals surface area contributed by atoms with Crippen LogP contribution in [0.15, 0.2) is 91.0 Å². The summed E-state index contributed by atoms with van der Waals surface area (Å²) in [6.07, 6.45) is 1.89. The van der Waals surface area contributed by atoms with E-state index in [2.05, 4.69) is 5.32 Å². The molecule has 0 saturated carbocycles. The van der Waals surface area contributed by atoms with Crippen molar-refractivity contribution in [3.63, 3.8) is 0 Å². The second kappa shape index (κ2) is 11.7. The minimum atomic E-state index is -0.670. The average Bonchev–Trinajstić information content (AvgIpc) is 2.81. The maximum Gasteiger partial charge on any atom is 0.247 e. The average molecular weight is 415 g/mol. The quantitative estimate of drug-likeness (QED) is 0.512. The molecule has 4 heteroatoms. The molecule has 4 nitrogen and oxygen atoms in total. The summed E-state index contributed by atoms with van der Waals surface area (Å²) in [5.41, 5.74) is 2.99. The molecule has 0 spiro atoms. The molecule has 1 N–H and O–H groups in total. The summed E-state index contributed by atoms with van der Waals surface area (Å²) in [4.78, 5) is 28.2. The van der Waals surface area contributed by atoms with Gasteiger partial charge in [0.2, 0.25) is 11.8 Å². The third-order valence-corrected chi connectivity index (χ3v) is 5.21. The first-order valence-electron chi connectivity index (χ1n) is 10.9. The maximum absolute atomic E-state index is 13.4. The highest BCUT2D eigenvalue weighted by Crippen LogP contribution is 2.25. The molecule has 0 fully saturated rings. The van der Waals surface area contributed by atoms with Crippen LogP contribution in [0.2, 0.25) is 0 Å². The molecule has 0 aromatic heterocycles. The lowest BCUT2D eigenvalue weighted by Gasteiger charge is -2.31. The number of carbonyl (C=O) groups is 2. The lowest BCUT2D eigenvalue weighted by Crippen LogP contribution is -2.43. The first kappa shape index (κ1) is 22.3. The molecule has 0 radical (unpaired) electrons. The fourth-order valence-electron chi connectivity index (χ4n) is 3.64. The Balaban J connectivity index is 1.83. The summed E-state index contributed by atoms with van der Waals surface area (Å²) < 4.78 is 0. The Morgan fingerprint density at radius 1 is 0.806 bits per heavy atom. The normalized spacial score (nSPS) is 11.5. The van der Waals surface area contributed by atoms with Crippen LogP contribution in [0.1, 0.15) is 42.5 Å². The van der Waals surface area contributed by atoms with Crippen molar-refractivity contribution in [1.29, 1.82) is 0 Å². The molecule has 31 heavy (non-hydrogen) atoms. The zero-order valence-corrected chi connectivity index (χ0v) is 18.0. The number of carbonyl (C=O) groups excluding carboxylic acids is 2. The number of rotatable bonds is 10. The van der Waals surface area contributed by atoms with E-state index < -0.39 is 6.04 Å². The van der Waals surface area contributed by atoms with Gasteiger partial charge in [-0.05, 0) is 29.5 Å². The lowest BCUT2D eigenvalue weighted by molar-refractivity contribution is -0.141. The third kappa shape index (κ3) is 6.54. The maximum atomic E-state index is 13.4. The number of benzene rings is 3. The van der Waals surface area contributed by atoms with E-state index in [4.69, 9.17) is 0 Å². The van der Waals surface area contributed by atoms with Crippen LogP contribution >= 0.6 is 0 Å². The molecule has 3 rings (SSSR count). The molecule has 0 aliphatic rings. The number of nitrogens with zero attached hydrogens (tertiary/aromatic N) is 1. The zero-order valence-electron chi connectivity index (χ0n) is 18.0. The van der Waals surface area contributed by atoms with Gasteiger partial charge in [-0.1, -0.05) is 97.9 Å². The van der Waals surface area contributed by atoms with Crippen molar-refractivity contribution in [3.05, 3.63) is 108 Å². The summed E-state index contributed by atoms with van der Waals surface area (Å²) in [5, 5.41) is 3.06. The van der Waals surface area contributed by atoms with Crippen molar-refractivity contribution in [2.75, 3.05) is 6.54 Å². The van der Waals surface area contributed by atoms with Crippen molar-refractivity contribution < 1.29 is 9.59 Å². The molecule has 0 heterocycles. The van der Waals surface area contributed by atoms with E-state index >= 15 is 0 Å². The highest BCUT2D eigenvalue weighted by Gasteiger charge is 2.30. The molecule has 1 unspecified atom stereocenters. The first-order valence-corrected chi connectivity index (χ1v) is 10.9. The predicted molar refractivity (Wildman–Crippen MR) is 124 cm³/mol. The lowest BCUT2D eigenvalue weighted by atomic mass is 10.0. The molecule has 0 aliphatic carbocycles. The van der Waals surface area contributed by atoms with Gasteiger partial charge >= 0.3 is 0 Å². The molecule has 160 valence electrons. The molecular formula is C27H30N2O2. The Morgan fingerprint density at radius 3 is 1.94 bits per heavy atom. The van der Waals surface area contributed by atoms with Crippen LogP contribution in [-0.4, -0.2) is 23.3 Å². The van der Waals surface area contributed by atoms with Crippen LogP contribution in [0.4, 0.5) is 0 Å². The summed E-state index contributed by atoms with van der Waals surface area (Å²) in [6, 6.07) is 28.8. The minimum Gasteiger partial charge on any atom is -0.354 e. The summed E-state index contributed by atoms with van der Waals surface area (Å²) in [5.74, 6) is -0.166. The van der Waals surface area contributed by atoms with Crippen LogP contribution in [0.3, 0.4) is 0 Å². The van der Waals surface area contributed by atoms with Gasteiger partial charge in [0.1, 0.15) is 6.04 Å². The fourth-order valence-corrected chi connectivity index (χ4v) is 3.64. The van der Waals surface area contributed by atoms with Crippen molar-refractivity contribution in [2.24, 2.45) is 0 Å². The van der Waals surface area contributed by atoms with Crippen LogP contribution in [0.5, 0.6) is 0 Å².